The molecule has 0 unspecified atom stereocenters. The van der Waals surface area contributed by atoms with E-state index in [4.69, 9.17) is 4.74 Å². The van der Waals surface area contributed by atoms with Crippen molar-refractivity contribution in [2.24, 2.45) is 4.99 Å². The van der Waals surface area contributed by atoms with Crippen LogP contribution in [-0.2, 0) is 9.53 Å². The molecule has 138 valence electrons. The Morgan fingerprint density at radius 1 is 1.19 bits per heavy atom. The van der Waals surface area contributed by atoms with Crippen molar-refractivity contribution in [3.8, 4) is 5.75 Å². The lowest BCUT2D eigenvalue weighted by Crippen LogP contribution is -2.10. The molecule has 0 amide bonds. The maximum absolute atomic E-state index is 13.1. The second-order valence-corrected chi connectivity index (χ2v) is 6.80. The summed E-state index contributed by atoms with van der Waals surface area (Å²) < 4.78 is 17.8. The largest absolute Gasteiger partial charge is 0.508 e. The van der Waals surface area contributed by atoms with Gasteiger partial charge in [0.2, 0.25) is 0 Å². The van der Waals surface area contributed by atoms with Crippen LogP contribution in [-0.4, -0.2) is 28.3 Å². The van der Waals surface area contributed by atoms with E-state index in [-0.39, 0.29) is 22.1 Å². The molecule has 2 aromatic carbocycles. The van der Waals surface area contributed by atoms with E-state index in [0.717, 1.165) is 17.3 Å². The average molecular weight is 385 g/mol. The Morgan fingerprint density at radius 3 is 2.52 bits per heavy atom. The number of halogens is 1. The van der Waals surface area contributed by atoms with Crippen LogP contribution < -0.4 is 0 Å². The number of aliphatic hydroxyl groups is 1. The quantitative estimate of drug-likeness (QED) is 0.753. The summed E-state index contributed by atoms with van der Waals surface area (Å²) in [7, 11) is 1.22. The monoisotopic (exact) mass is 385 g/mol. The molecule has 0 bridgehead atoms. The van der Waals surface area contributed by atoms with Gasteiger partial charge in [0.15, 0.2) is 0 Å². The third-order valence-electron chi connectivity index (χ3n) is 3.86. The van der Waals surface area contributed by atoms with Gasteiger partial charge >= 0.3 is 5.97 Å². The van der Waals surface area contributed by atoms with Crippen LogP contribution in [0.3, 0.4) is 0 Å². The number of hydrogen-bond donors (Lipinski definition) is 2. The Hall–Kier alpha value is -3.06. The number of carbonyl (C=O) groups excluding carboxylic acids is 1. The highest BCUT2D eigenvalue weighted by molar-refractivity contribution is 8.18. The lowest BCUT2D eigenvalue weighted by molar-refractivity contribution is -0.135. The molecule has 0 fully saturated rings. The number of aliphatic imine (C=N–C) groups is 1. The van der Waals surface area contributed by atoms with Crippen molar-refractivity contribution in [3.63, 3.8) is 0 Å². The van der Waals surface area contributed by atoms with Gasteiger partial charge in [-0.1, -0.05) is 17.8 Å². The van der Waals surface area contributed by atoms with Crippen LogP contribution in [0.2, 0.25) is 0 Å². The average Bonchev–Trinajstić information content (AvgIpc) is 2.94. The zero-order chi connectivity index (χ0) is 19.6. The summed E-state index contributed by atoms with van der Waals surface area (Å²) in [4.78, 5) is 16.9. The Balaban J connectivity index is 2.04. The summed E-state index contributed by atoms with van der Waals surface area (Å²) in [6.07, 6.45) is 1.68. The van der Waals surface area contributed by atoms with E-state index in [1.165, 1.54) is 31.4 Å². The standard InChI is InChI=1S/C20H16FNO4S/c1-11-9-12(3-8-15(11)23)10-16-18(24)17(20(25)26-2)19(27-16)22-14-6-4-13(21)5-7-14/h3-10,23-24H,1-2H3/b16-10+,22-19?. The van der Waals surface area contributed by atoms with E-state index >= 15 is 0 Å². The first-order valence-electron chi connectivity index (χ1n) is 7.94. The van der Waals surface area contributed by atoms with E-state index in [9.17, 15) is 19.4 Å². The normalized spacial score (nSPS) is 17.0. The lowest BCUT2D eigenvalue weighted by Gasteiger charge is -2.02. The van der Waals surface area contributed by atoms with Crippen molar-refractivity contribution in [1.29, 1.82) is 0 Å². The first-order valence-corrected chi connectivity index (χ1v) is 8.76. The molecule has 0 atom stereocenters. The van der Waals surface area contributed by atoms with E-state index in [2.05, 4.69) is 4.99 Å². The van der Waals surface area contributed by atoms with E-state index < -0.39 is 11.8 Å². The maximum atomic E-state index is 13.1. The molecule has 0 saturated heterocycles. The fourth-order valence-corrected chi connectivity index (χ4v) is 3.48. The van der Waals surface area contributed by atoms with Gasteiger partial charge in [-0.2, -0.15) is 0 Å². The Morgan fingerprint density at radius 2 is 1.89 bits per heavy atom. The zero-order valence-electron chi connectivity index (χ0n) is 14.6. The number of ether oxygens (including phenoxy) is 1. The third-order valence-corrected chi connectivity index (χ3v) is 4.88. The lowest BCUT2D eigenvalue weighted by atomic mass is 10.1. The summed E-state index contributed by atoms with van der Waals surface area (Å²) in [5.74, 6) is -1.18. The molecule has 5 nitrogen and oxygen atoms in total. The number of phenolic OH excluding ortho intramolecular Hbond substituents is 1. The van der Waals surface area contributed by atoms with Gasteiger partial charge in [0.1, 0.15) is 27.9 Å². The van der Waals surface area contributed by atoms with E-state index in [0.29, 0.717) is 16.2 Å². The molecule has 0 saturated carbocycles. The van der Waals surface area contributed by atoms with Crippen molar-refractivity contribution in [3.05, 3.63) is 75.6 Å². The highest BCUT2D eigenvalue weighted by Gasteiger charge is 2.32. The second kappa shape index (κ2) is 7.67. The molecular formula is C20H16FNO4S. The number of carbonyl (C=O) groups is 1. The van der Waals surface area contributed by atoms with Gasteiger partial charge in [-0.05, 0) is 60.5 Å². The van der Waals surface area contributed by atoms with Crippen LogP contribution in [0.4, 0.5) is 10.1 Å². The molecule has 1 aliphatic heterocycles. The molecule has 2 N–H and O–H groups in total. The smallest absolute Gasteiger partial charge is 0.344 e. The molecule has 2 aromatic rings. The molecule has 7 heteroatoms. The number of thioether (sulfide) groups is 1. The number of rotatable bonds is 3. The zero-order valence-corrected chi connectivity index (χ0v) is 15.4. The van der Waals surface area contributed by atoms with Gasteiger partial charge in [-0.15, -0.1) is 0 Å². The number of aromatic hydroxyl groups is 1. The summed E-state index contributed by atoms with van der Waals surface area (Å²) >= 11 is 1.10. The molecule has 0 radical (unpaired) electrons. The van der Waals surface area contributed by atoms with Crippen LogP contribution in [0.15, 0.2) is 63.7 Å². The second-order valence-electron chi connectivity index (χ2n) is 5.77. The number of aryl methyl sites for hydroxylation is 1. The van der Waals surface area contributed by atoms with Crippen molar-refractivity contribution >= 4 is 34.5 Å². The minimum atomic E-state index is -0.717. The summed E-state index contributed by atoms with van der Waals surface area (Å²) in [5.41, 5.74) is 1.82. The van der Waals surface area contributed by atoms with Crippen LogP contribution in [0, 0.1) is 12.7 Å². The highest BCUT2D eigenvalue weighted by Crippen LogP contribution is 2.40. The maximum Gasteiger partial charge on any atom is 0.344 e. The fraction of sp³-hybridized carbons (Fsp3) is 0.100. The molecule has 0 spiro atoms. The Labute approximate surface area is 159 Å². The number of methoxy groups -OCH3 is 1. The van der Waals surface area contributed by atoms with Gasteiger partial charge in [0, 0.05) is 0 Å². The van der Waals surface area contributed by atoms with Gasteiger partial charge in [0.25, 0.3) is 0 Å². The number of esters is 1. The van der Waals surface area contributed by atoms with Gasteiger partial charge in [-0.3, -0.25) is 0 Å². The van der Waals surface area contributed by atoms with Crippen LogP contribution in [0.1, 0.15) is 11.1 Å². The van der Waals surface area contributed by atoms with Crippen LogP contribution >= 0.6 is 11.8 Å². The molecule has 3 rings (SSSR count). The molecule has 27 heavy (non-hydrogen) atoms. The van der Waals surface area contributed by atoms with Crippen LogP contribution in [0.5, 0.6) is 5.75 Å². The molecule has 0 aromatic heterocycles. The molecule has 0 aliphatic carbocycles. The van der Waals surface area contributed by atoms with Crippen molar-refractivity contribution < 1.29 is 24.1 Å². The highest BCUT2D eigenvalue weighted by atomic mass is 32.2. The first-order chi connectivity index (χ1) is 12.9. The van der Waals surface area contributed by atoms with Gasteiger partial charge in [-0.25, -0.2) is 14.2 Å². The number of benzene rings is 2. The van der Waals surface area contributed by atoms with Crippen molar-refractivity contribution in [2.45, 2.75) is 6.92 Å². The van der Waals surface area contributed by atoms with Crippen molar-refractivity contribution in [2.75, 3.05) is 7.11 Å². The molecular weight excluding hydrogens is 369 g/mol. The molecule has 1 aliphatic rings. The minimum Gasteiger partial charge on any atom is -0.508 e. The number of phenols is 1. The van der Waals surface area contributed by atoms with Crippen molar-refractivity contribution in [1.82, 2.24) is 0 Å². The van der Waals surface area contributed by atoms with Gasteiger partial charge in [0.05, 0.1) is 17.7 Å². The van der Waals surface area contributed by atoms with Crippen LogP contribution in [0.25, 0.3) is 6.08 Å². The Bertz CT molecular complexity index is 994. The SMILES string of the molecule is COC(=O)C1=C(O)/C(=C\c2ccc(O)c(C)c2)SC1=Nc1ccc(F)cc1. The summed E-state index contributed by atoms with van der Waals surface area (Å²) in [6, 6.07) is 10.5. The number of hydrogen-bond acceptors (Lipinski definition) is 6. The van der Waals surface area contributed by atoms with Gasteiger partial charge < -0.3 is 14.9 Å². The molecule has 1 heterocycles. The third kappa shape index (κ3) is 4.03. The fourth-order valence-electron chi connectivity index (χ4n) is 2.44. The predicted octanol–water partition coefficient (Wildman–Crippen LogP) is 4.64. The number of aliphatic hydroxyl groups excluding tert-OH is 1. The summed E-state index contributed by atoms with van der Waals surface area (Å²) in [5, 5.41) is 20.4. The Kier molecular flexibility index (Phi) is 5.32. The van der Waals surface area contributed by atoms with E-state index in [1.54, 1.807) is 31.2 Å². The van der Waals surface area contributed by atoms with E-state index in [1.807, 2.05) is 0 Å². The topological polar surface area (TPSA) is 79.1 Å². The first kappa shape index (κ1) is 18.7. The predicted molar refractivity (Wildman–Crippen MR) is 104 cm³/mol. The summed E-state index contributed by atoms with van der Waals surface area (Å²) in [6.45, 7) is 1.76. The minimum absolute atomic E-state index is 0.0476. The number of nitrogens with zero attached hydrogens (tertiary/aromatic N) is 1.